The van der Waals surface area contributed by atoms with Crippen molar-refractivity contribution < 1.29 is 4.92 Å². The van der Waals surface area contributed by atoms with Crippen molar-refractivity contribution in [2.45, 2.75) is 17.9 Å². The first-order chi connectivity index (χ1) is 10.0. The molecule has 1 unspecified atom stereocenters. The van der Waals surface area contributed by atoms with E-state index >= 15 is 0 Å². The van der Waals surface area contributed by atoms with Crippen LogP contribution in [-0.2, 0) is 0 Å². The topological polar surface area (TPSA) is 55.2 Å². The van der Waals surface area contributed by atoms with E-state index in [9.17, 15) is 10.1 Å². The zero-order valence-corrected chi connectivity index (χ0v) is 14.1. The molecule has 0 radical (unpaired) electrons. The molecule has 0 aliphatic rings. The molecule has 21 heavy (non-hydrogen) atoms. The highest BCUT2D eigenvalue weighted by Crippen LogP contribution is 2.31. The van der Waals surface area contributed by atoms with E-state index < -0.39 is 0 Å². The summed E-state index contributed by atoms with van der Waals surface area (Å²) in [5, 5.41) is 14.3. The fraction of sp³-hybridized carbons (Fsp3) is 0.200. The molecule has 2 rings (SSSR count). The lowest BCUT2D eigenvalue weighted by atomic mass is 10.1. The van der Waals surface area contributed by atoms with Gasteiger partial charge in [0.1, 0.15) is 5.69 Å². The highest BCUT2D eigenvalue weighted by Gasteiger charge is 2.16. The van der Waals surface area contributed by atoms with Gasteiger partial charge >= 0.3 is 0 Å². The Morgan fingerprint density at radius 3 is 2.48 bits per heavy atom. The second-order valence-electron chi connectivity index (χ2n) is 4.56. The molecule has 0 amide bonds. The molecule has 0 aliphatic carbocycles. The van der Waals surface area contributed by atoms with Gasteiger partial charge in [0.05, 0.1) is 4.92 Å². The lowest BCUT2D eigenvalue weighted by Crippen LogP contribution is -2.08. The Labute approximate surface area is 136 Å². The van der Waals surface area contributed by atoms with Crippen LogP contribution in [0.5, 0.6) is 0 Å². The summed E-state index contributed by atoms with van der Waals surface area (Å²) >= 11 is 4.94. The molecular weight excluding hydrogens is 352 g/mol. The lowest BCUT2D eigenvalue weighted by molar-refractivity contribution is -0.384. The first-order valence-electron chi connectivity index (χ1n) is 6.35. The van der Waals surface area contributed by atoms with Crippen LogP contribution in [0.15, 0.2) is 51.8 Å². The molecule has 0 saturated heterocycles. The van der Waals surface area contributed by atoms with Crippen LogP contribution in [0.1, 0.15) is 18.5 Å². The Balaban J connectivity index is 2.22. The van der Waals surface area contributed by atoms with Gasteiger partial charge in [-0.25, -0.2) is 0 Å². The third-order valence-electron chi connectivity index (χ3n) is 3.14. The number of nitro benzene ring substituents is 1. The smallest absolute Gasteiger partial charge is 0.293 e. The van der Waals surface area contributed by atoms with E-state index in [-0.39, 0.29) is 16.7 Å². The number of benzene rings is 2. The lowest BCUT2D eigenvalue weighted by Gasteiger charge is -2.16. The van der Waals surface area contributed by atoms with Gasteiger partial charge in [-0.2, -0.15) is 0 Å². The van der Waals surface area contributed by atoms with Crippen molar-refractivity contribution in [3.8, 4) is 0 Å². The van der Waals surface area contributed by atoms with Crippen LogP contribution in [0, 0.1) is 10.1 Å². The maximum Gasteiger partial charge on any atom is 0.293 e. The largest absolute Gasteiger partial charge is 0.373 e. The SMILES string of the molecule is CSc1ccc(C(C)Nc2ccc(Br)cc2[N+](=O)[O-])cc1. The summed E-state index contributed by atoms with van der Waals surface area (Å²) in [4.78, 5) is 11.9. The normalized spacial score (nSPS) is 12.0. The standard InChI is InChI=1S/C15H15BrN2O2S/c1-10(11-3-6-13(21-2)7-4-11)17-14-8-5-12(16)9-15(14)18(19)20/h3-10,17H,1-2H3. The average Bonchev–Trinajstić information content (AvgIpc) is 2.49. The molecule has 2 aromatic carbocycles. The van der Waals surface area contributed by atoms with E-state index in [2.05, 4.69) is 21.2 Å². The van der Waals surface area contributed by atoms with Gasteiger partial charge in [0.2, 0.25) is 0 Å². The van der Waals surface area contributed by atoms with Gasteiger partial charge in [0, 0.05) is 21.5 Å². The summed E-state index contributed by atoms with van der Waals surface area (Å²) in [5.74, 6) is 0. The Bertz CT molecular complexity index is 647. The third-order valence-corrected chi connectivity index (χ3v) is 4.38. The molecule has 1 atom stereocenters. The predicted octanol–water partition coefficient (Wildman–Crippen LogP) is 5.25. The summed E-state index contributed by atoms with van der Waals surface area (Å²) in [6, 6.07) is 13.2. The Kier molecular flexibility index (Phi) is 5.25. The first kappa shape index (κ1) is 15.9. The maximum atomic E-state index is 11.1. The first-order valence-corrected chi connectivity index (χ1v) is 8.37. The number of halogens is 1. The summed E-state index contributed by atoms with van der Waals surface area (Å²) in [7, 11) is 0. The number of hydrogen-bond acceptors (Lipinski definition) is 4. The number of anilines is 1. The monoisotopic (exact) mass is 366 g/mol. The highest BCUT2D eigenvalue weighted by molar-refractivity contribution is 9.10. The minimum Gasteiger partial charge on any atom is -0.373 e. The Morgan fingerprint density at radius 1 is 1.24 bits per heavy atom. The van der Waals surface area contributed by atoms with Crippen LogP contribution in [-0.4, -0.2) is 11.2 Å². The van der Waals surface area contributed by atoms with E-state index in [4.69, 9.17) is 0 Å². The van der Waals surface area contributed by atoms with Crippen LogP contribution in [0.4, 0.5) is 11.4 Å². The zero-order valence-electron chi connectivity index (χ0n) is 11.7. The van der Waals surface area contributed by atoms with Crippen molar-refractivity contribution >= 4 is 39.1 Å². The maximum absolute atomic E-state index is 11.1. The average molecular weight is 367 g/mol. The molecule has 0 aliphatic heterocycles. The fourth-order valence-corrected chi connectivity index (χ4v) is 2.74. The van der Waals surface area contributed by atoms with Crippen LogP contribution in [0.3, 0.4) is 0 Å². The summed E-state index contributed by atoms with van der Waals surface area (Å²) in [6.45, 7) is 1.99. The van der Waals surface area contributed by atoms with Gasteiger partial charge in [-0.15, -0.1) is 11.8 Å². The van der Waals surface area contributed by atoms with Crippen molar-refractivity contribution in [2.24, 2.45) is 0 Å². The molecule has 0 saturated carbocycles. The second kappa shape index (κ2) is 6.95. The van der Waals surface area contributed by atoms with E-state index in [1.807, 2.05) is 37.4 Å². The molecule has 0 fully saturated rings. The van der Waals surface area contributed by atoms with Crippen molar-refractivity contribution in [3.63, 3.8) is 0 Å². The third kappa shape index (κ3) is 3.98. The summed E-state index contributed by atoms with van der Waals surface area (Å²) < 4.78 is 0.691. The van der Waals surface area contributed by atoms with E-state index in [1.165, 1.54) is 11.0 Å². The number of nitro groups is 1. The molecule has 4 nitrogen and oxygen atoms in total. The minimum absolute atomic E-state index is 0.0132. The quantitative estimate of drug-likeness (QED) is 0.445. The van der Waals surface area contributed by atoms with Gasteiger partial charge in [-0.1, -0.05) is 28.1 Å². The van der Waals surface area contributed by atoms with Crippen LogP contribution in [0.2, 0.25) is 0 Å². The van der Waals surface area contributed by atoms with Crippen molar-refractivity contribution in [1.29, 1.82) is 0 Å². The van der Waals surface area contributed by atoms with Gasteiger partial charge in [-0.05, 0) is 43.0 Å². The Hall–Kier alpha value is -1.53. The van der Waals surface area contributed by atoms with Crippen molar-refractivity contribution in [2.75, 3.05) is 11.6 Å². The number of nitrogens with one attached hydrogen (secondary N) is 1. The number of thioether (sulfide) groups is 1. The van der Waals surface area contributed by atoms with Gasteiger partial charge in [0.25, 0.3) is 5.69 Å². The fourth-order valence-electron chi connectivity index (χ4n) is 1.99. The van der Waals surface area contributed by atoms with Gasteiger partial charge in [-0.3, -0.25) is 10.1 Å². The Morgan fingerprint density at radius 2 is 1.90 bits per heavy atom. The molecule has 2 aromatic rings. The van der Waals surface area contributed by atoms with Gasteiger partial charge < -0.3 is 5.32 Å². The van der Waals surface area contributed by atoms with E-state index in [0.29, 0.717) is 10.2 Å². The highest BCUT2D eigenvalue weighted by atomic mass is 79.9. The molecule has 110 valence electrons. The second-order valence-corrected chi connectivity index (χ2v) is 6.35. The molecule has 6 heteroatoms. The van der Waals surface area contributed by atoms with Crippen LogP contribution >= 0.6 is 27.7 Å². The molecular formula is C15H15BrN2O2S. The predicted molar refractivity (Wildman–Crippen MR) is 91.1 cm³/mol. The zero-order chi connectivity index (χ0) is 15.4. The molecule has 0 spiro atoms. The number of nitrogens with zero attached hydrogens (tertiary/aromatic N) is 1. The van der Waals surface area contributed by atoms with Crippen LogP contribution in [0.25, 0.3) is 0 Å². The van der Waals surface area contributed by atoms with E-state index in [0.717, 1.165) is 5.56 Å². The molecule has 1 N–H and O–H groups in total. The van der Waals surface area contributed by atoms with Crippen molar-refractivity contribution in [1.82, 2.24) is 0 Å². The van der Waals surface area contributed by atoms with Crippen LogP contribution < -0.4 is 5.32 Å². The van der Waals surface area contributed by atoms with Crippen molar-refractivity contribution in [3.05, 3.63) is 62.6 Å². The molecule has 0 aromatic heterocycles. The summed E-state index contributed by atoms with van der Waals surface area (Å²) in [6.07, 6.45) is 2.03. The summed E-state index contributed by atoms with van der Waals surface area (Å²) in [5.41, 5.74) is 1.67. The van der Waals surface area contributed by atoms with Gasteiger partial charge in [0.15, 0.2) is 0 Å². The molecule has 0 bridgehead atoms. The minimum atomic E-state index is -0.378. The van der Waals surface area contributed by atoms with E-state index in [1.54, 1.807) is 23.9 Å². The number of rotatable bonds is 5. The number of hydrogen-bond donors (Lipinski definition) is 1. The molecule has 0 heterocycles.